The number of benzene rings is 2. The number of piperazine rings is 1. The van der Waals surface area contributed by atoms with Crippen LogP contribution in [-0.2, 0) is 16.4 Å². The normalized spacial score (nSPS) is 15.7. The number of sulfonamides is 1. The summed E-state index contributed by atoms with van der Waals surface area (Å²) < 4.78 is 32.9. The van der Waals surface area contributed by atoms with Crippen molar-refractivity contribution in [2.24, 2.45) is 0 Å². The summed E-state index contributed by atoms with van der Waals surface area (Å²) in [5.41, 5.74) is 2.20. The molecule has 0 spiro atoms. The molecule has 1 saturated heterocycles. The third-order valence-electron chi connectivity index (χ3n) is 5.04. The highest BCUT2D eigenvalue weighted by Crippen LogP contribution is 2.29. The largest absolute Gasteiger partial charge is 0.495 e. The summed E-state index contributed by atoms with van der Waals surface area (Å²) in [5.74, 6) is 0.816. The van der Waals surface area contributed by atoms with Gasteiger partial charge in [-0.25, -0.2) is 8.42 Å². The lowest BCUT2D eigenvalue weighted by molar-refractivity contribution is 0.378. The van der Waals surface area contributed by atoms with Crippen LogP contribution in [0.25, 0.3) is 0 Å². The lowest BCUT2D eigenvalue weighted by atomic mass is 10.1. The number of anilines is 1. The fraction of sp³-hybridized carbons (Fsp3) is 0.429. The van der Waals surface area contributed by atoms with Gasteiger partial charge >= 0.3 is 0 Å². The third-order valence-corrected chi connectivity index (χ3v) is 6.96. The van der Waals surface area contributed by atoms with Crippen LogP contribution >= 0.6 is 0 Å². The van der Waals surface area contributed by atoms with Gasteiger partial charge in [0.25, 0.3) is 0 Å². The van der Waals surface area contributed by atoms with Gasteiger partial charge < -0.3 is 9.64 Å². The van der Waals surface area contributed by atoms with Crippen LogP contribution in [0, 0.1) is 0 Å². The minimum atomic E-state index is -3.45. The first-order valence-corrected chi connectivity index (χ1v) is 11.0. The van der Waals surface area contributed by atoms with Gasteiger partial charge in [0.05, 0.1) is 17.7 Å². The number of hydrogen-bond acceptors (Lipinski definition) is 4. The third kappa shape index (κ3) is 4.45. The summed E-state index contributed by atoms with van der Waals surface area (Å²) in [6.07, 6.45) is 3.25. The minimum Gasteiger partial charge on any atom is -0.495 e. The molecular weight excluding hydrogens is 360 g/mol. The highest BCUT2D eigenvalue weighted by molar-refractivity contribution is 7.89. The number of methoxy groups -OCH3 is 1. The summed E-state index contributed by atoms with van der Waals surface area (Å²) in [4.78, 5) is 2.56. The molecule has 0 unspecified atom stereocenters. The van der Waals surface area contributed by atoms with Gasteiger partial charge in [0.1, 0.15) is 5.75 Å². The molecule has 2 aromatic rings. The van der Waals surface area contributed by atoms with Crippen molar-refractivity contribution in [2.45, 2.75) is 31.1 Å². The molecule has 27 heavy (non-hydrogen) atoms. The Bertz CT molecular complexity index is 842. The number of nitrogens with zero attached hydrogens (tertiary/aromatic N) is 2. The number of hydrogen-bond donors (Lipinski definition) is 0. The summed E-state index contributed by atoms with van der Waals surface area (Å²) in [6, 6.07) is 15.2. The Morgan fingerprint density at radius 1 is 0.963 bits per heavy atom. The Kier molecular flexibility index (Phi) is 6.39. The molecule has 1 aliphatic rings. The van der Waals surface area contributed by atoms with Crippen molar-refractivity contribution in [3.05, 3.63) is 54.1 Å². The van der Waals surface area contributed by atoms with E-state index >= 15 is 0 Å². The molecule has 3 rings (SSSR count). The summed E-state index contributed by atoms with van der Waals surface area (Å²) >= 11 is 0. The van der Waals surface area contributed by atoms with Crippen LogP contribution in [0.5, 0.6) is 5.75 Å². The zero-order valence-corrected chi connectivity index (χ0v) is 16.9. The van der Waals surface area contributed by atoms with Crippen molar-refractivity contribution in [3.63, 3.8) is 0 Å². The molecule has 1 aliphatic heterocycles. The van der Waals surface area contributed by atoms with Gasteiger partial charge in [0.2, 0.25) is 10.0 Å². The van der Waals surface area contributed by atoms with E-state index in [9.17, 15) is 8.42 Å². The van der Waals surface area contributed by atoms with Gasteiger partial charge in [-0.3, -0.25) is 0 Å². The molecule has 146 valence electrons. The molecule has 1 heterocycles. The zero-order chi connectivity index (χ0) is 19.3. The Morgan fingerprint density at radius 3 is 2.26 bits per heavy atom. The van der Waals surface area contributed by atoms with Crippen LogP contribution in [0.15, 0.2) is 53.4 Å². The highest BCUT2D eigenvalue weighted by atomic mass is 32.2. The van der Waals surface area contributed by atoms with E-state index in [-0.39, 0.29) is 0 Å². The van der Waals surface area contributed by atoms with Gasteiger partial charge in [-0.05, 0) is 42.7 Å². The second-order valence-corrected chi connectivity index (χ2v) is 8.75. The Hall–Kier alpha value is -2.05. The van der Waals surface area contributed by atoms with Crippen molar-refractivity contribution in [1.29, 1.82) is 0 Å². The van der Waals surface area contributed by atoms with Gasteiger partial charge in [-0.2, -0.15) is 4.31 Å². The van der Waals surface area contributed by atoms with Gasteiger partial charge in [-0.1, -0.05) is 37.6 Å². The van der Waals surface area contributed by atoms with Crippen LogP contribution in [0.1, 0.15) is 25.3 Å². The Labute approximate surface area is 162 Å². The molecule has 6 heteroatoms. The molecule has 5 nitrogen and oxygen atoms in total. The first-order valence-electron chi connectivity index (χ1n) is 9.53. The predicted molar refractivity (Wildman–Crippen MR) is 109 cm³/mol. The van der Waals surface area contributed by atoms with Crippen LogP contribution in [0.2, 0.25) is 0 Å². The average molecular weight is 389 g/mol. The molecular formula is C21H28N2O3S. The van der Waals surface area contributed by atoms with Crippen LogP contribution in [0.3, 0.4) is 0 Å². The first-order chi connectivity index (χ1) is 13.1. The molecule has 0 aliphatic carbocycles. The number of ether oxygens (including phenoxy) is 1. The second kappa shape index (κ2) is 8.76. The van der Waals surface area contributed by atoms with Crippen molar-refractivity contribution >= 4 is 15.7 Å². The quantitative estimate of drug-likeness (QED) is 0.728. The predicted octanol–water partition coefficient (Wildman–Crippen LogP) is 3.55. The smallest absolute Gasteiger partial charge is 0.243 e. The van der Waals surface area contributed by atoms with Crippen molar-refractivity contribution in [1.82, 2.24) is 4.31 Å². The van der Waals surface area contributed by atoms with Crippen molar-refractivity contribution < 1.29 is 13.2 Å². The monoisotopic (exact) mass is 388 g/mol. The van der Waals surface area contributed by atoms with Crippen LogP contribution in [0.4, 0.5) is 5.69 Å². The second-order valence-electron chi connectivity index (χ2n) is 6.81. The van der Waals surface area contributed by atoms with E-state index in [0.29, 0.717) is 31.1 Å². The average Bonchev–Trinajstić information content (AvgIpc) is 2.72. The Morgan fingerprint density at radius 2 is 1.63 bits per heavy atom. The van der Waals surface area contributed by atoms with Crippen molar-refractivity contribution in [3.8, 4) is 5.75 Å². The van der Waals surface area contributed by atoms with Gasteiger partial charge in [0, 0.05) is 26.2 Å². The number of rotatable bonds is 7. The standard InChI is InChI=1S/C21H28N2O3S/c1-3-4-7-18-10-12-19(13-11-18)27(24,25)23-16-14-22(15-17-23)20-8-5-6-9-21(20)26-2/h5-6,8-13H,3-4,7,14-17H2,1-2H3. The molecule has 0 saturated carbocycles. The van der Waals surface area contributed by atoms with E-state index in [2.05, 4.69) is 11.8 Å². The topological polar surface area (TPSA) is 49.9 Å². The van der Waals surface area contributed by atoms with E-state index in [1.165, 1.54) is 5.56 Å². The van der Waals surface area contributed by atoms with E-state index in [4.69, 9.17) is 4.74 Å². The number of para-hydroxylation sites is 2. The molecule has 0 atom stereocenters. The van der Waals surface area contributed by atoms with Crippen LogP contribution in [-0.4, -0.2) is 46.0 Å². The lowest BCUT2D eigenvalue weighted by Crippen LogP contribution is -2.48. The van der Waals surface area contributed by atoms with E-state index in [1.54, 1.807) is 23.5 Å². The summed E-state index contributed by atoms with van der Waals surface area (Å²) in [5, 5.41) is 0. The molecule has 0 N–H and O–H groups in total. The maximum atomic E-state index is 13.0. The molecule has 0 amide bonds. The molecule has 2 aromatic carbocycles. The lowest BCUT2D eigenvalue weighted by Gasteiger charge is -2.35. The van der Waals surface area contributed by atoms with Crippen molar-refractivity contribution in [2.75, 3.05) is 38.2 Å². The van der Waals surface area contributed by atoms with Crippen LogP contribution < -0.4 is 9.64 Å². The molecule has 0 aromatic heterocycles. The number of aryl methyl sites for hydroxylation is 1. The molecule has 0 radical (unpaired) electrons. The maximum Gasteiger partial charge on any atom is 0.243 e. The number of unbranched alkanes of at least 4 members (excludes halogenated alkanes) is 1. The van der Waals surface area contributed by atoms with E-state index in [1.807, 2.05) is 36.4 Å². The molecule has 1 fully saturated rings. The summed E-state index contributed by atoms with van der Waals surface area (Å²) in [7, 11) is -1.79. The fourth-order valence-electron chi connectivity index (χ4n) is 3.42. The summed E-state index contributed by atoms with van der Waals surface area (Å²) in [6.45, 7) is 4.39. The fourth-order valence-corrected chi connectivity index (χ4v) is 4.84. The highest BCUT2D eigenvalue weighted by Gasteiger charge is 2.29. The van der Waals surface area contributed by atoms with E-state index < -0.39 is 10.0 Å². The van der Waals surface area contributed by atoms with Gasteiger partial charge in [0.15, 0.2) is 0 Å². The SMILES string of the molecule is CCCCc1ccc(S(=O)(=O)N2CCN(c3ccccc3OC)CC2)cc1. The molecule has 0 bridgehead atoms. The maximum absolute atomic E-state index is 13.0. The van der Waals surface area contributed by atoms with Gasteiger partial charge in [-0.15, -0.1) is 0 Å². The minimum absolute atomic E-state index is 0.383. The van der Waals surface area contributed by atoms with E-state index in [0.717, 1.165) is 30.7 Å². The first kappa shape index (κ1) is 19.7. The Balaban J connectivity index is 1.67. The zero-order valence-electron chi connectivity index (χ0n) is 16.1.